The predicted octanol–water partition coefficient (Wildman–Crippen LogP) is 2.24. The van der Waals surface area contributed by atoms with Crippen LogP contribution in [0.2, 0.25) is 0 Å². The van der Waals surface area contributed by atoms with Crippen molar-refractivity contribution >= 4 is 17.5 Å². The van der Waals surface area contributed by atoms with E-state index in [1.165, 1.54) is 21.3 Å². The summed E-state index contributed by atoms with van der Waals surface area (Å²) < 4.78 is 15.6. The minimum Gasteiger partial charge on any atom is -0.493 e. The van der Waals surface area contributed by atoms with Crippen molar-refractivity contribution in [3.8, 4) is 17.2 Å². The third-order valence-corrected chi connectivity index (χ3v) is 2.74. The van der Waals surface area contributed by atoms with Crippen molar-refractivity contribution in [2.45, 2.75) is 0 Å². The molecule has 0 saturated carbocycles. The van der Waals surface area contributed by atoms with Crippen LogP contribution in [0.1, 0.15) is 10.4 Å². The van der Waals surface area contributed by atoms with Crippen molar-refractivity contribution in [3.05, 3.63) is 29.8 Å². The number of amides is 1. The second-order valence-electron chi connectivity index (χ2n) is 3.75. The second-order valence-corrected chi connectivity index (χ2v) is 4.06. The summed E-state index contributed by atoms with van der Waals surface area (Å²) in [6.07, 6.45) is 3.54. The number of rotatable bonds is 7. The Hall–Kier alpha value is -1.88. The van der Waals surface area contributed by atoms with Crippen molar-refractivity contribution < 1.29 is 19.0 Å². The fourth-order valence-corrected chi connectivity index (χ4v) is 1.74. The molecule has 1 rings (SSSR count). The topological polar surface area (TPSA) is 56.8 Å². The fourth-order valence-electron chi connectivity index (χ4n) is 1.61. The molecule has 0 unspecified atom stereocenters. The third kappa shape index (κ3) is 4.06. The van der Waals surface area contributed by atoms with Gasteiger partial charge < -0.3 is 19.5 Å². The second kappa shape index (κ2) is 8.32. The van der Waals surface area contributed by atoms with Crippen LogP contribution in [0.5, 0.6) is 17.2 Å². The molecule has 5 nitrogen and oxygen atoms in total. The Morgan fingerprint density at radius 1 is 1.15 bits per heavy atom. The zero-order chi connectivity index (χ0) is 15.0. The van der Waals surface area contributed by atoms with Gasteiger partial charge in [0.15, 0.2) is 11.5 Å². The number of ether oxygens (including phenoxy) is 3. The lowest BCUT2D eigenvalue weighted by Gasteiger charge is -2.13. The Morgan fingerprint density at radius 3 is 2.20 bits per heavy atom. The molecule has 0 heterocycles. The van der Waals surface area contributed by atoms with Gasteiger partial charge in [0.05, 0.1) is 21.3 Å². The molecule has 20 heavy (non-hydrogen) atoms. The number of methoxy groups -OCH3 is 3. The first-order valence-electron chi connectivity index (χ1n) is 5.97. The standard InChI is InChI=1S/C14H18ClNO4/c1-18-11-8-10(9-12(19-2)13(11)20-3)14(17)16-7-5-4-6-15/h4-5,8-9H,6-7H2,1-3H3,(H,16,17)/b5-4+. The van der Waals surface area contributed by atoms with E-state index >= 15 is 0 Å². The van der Waals surface area contributed by atoms with Crippen LogP contribution in [0, 0.1) is 0 Å². The Kier molecular flexibility index (Phi) is 6.73. The lowest BCUT2D eigenvalue weighted by atomic mass is 10.1. The van der Waals surface area contributed by atoms with Gasteiger partial charge in [0.25, 0.3) is 5.91 Å². The lowest BCUT2D eigenvalue weighted by molar-refractivity contribution is 0.0957. The Balaban J connectivity index is 2.95. The Labute approximate surface area is 123 Å². The zero-order valence-corrected chi connectivity index (χ0v) is 12.5. The van der Waals surface area contributed by atoms with E-state index in [-0.39, 0.29) is 5.91 Å². The molecular weight excluding hydrogens is 282 g/mol. The summed E-state index contributed by atoms with van der Waals surface area (Å²) in [6.45, 7) is 0.405. The summed E-state index contributed by atoms with van der Waals surface area (Å²) >= 11 is 5.50. The molecule has 0 aliphatic carbocycles. The van der Waals surface area contributed by atoms with Crippen LogP contribution in [0.25, 0.3) is 0 Å². The highest BCUT2D eigenvalue weighted by molar-refractivity contribution is 6.18. The molecule has 6 heteroatoms. The average Bonchev–Trinajstić information content (AvgIpc) is 2.49. The van der Waals surface area contributed by atoms with Crippen LogP contribution in [0.3, 0.4) is 0 Å². The number of allylic oxidation sites excluding steroid dienone is 1. The zero-order valence-electron chi connectivity index (χ0n) is 11.7. The monoisotopic (exact) mass is 299 g/mol. The van der Waals surface area contributed by atoms with Crippen LogP contribution in [0.4, 0.5) is 0 Å². The maximum absolute atomic E-state index is 12.0. The van der Waals surface area contributed by atoms with Crippen LogP contribution < -0.4 is 19.5 Å². The molecule has 1 aromatic rings. The number of nitrogens with one attached hydrogen (secondary N) is 1. The van der Waals surface area contributed by atoms with E-state index in [4.69, 9.17) is 25.8 Å². The minimum absolute atomic E-state index is 0.233. The molecule has 0 radical (unpaired) electrons. The maximum atomic E-state index is 12.0. The van der Waals surface area contributed by atoms with E-state index in [1.807, 2.05) is 0 Å². The number of halogens is 1. The van der Waals surface area contributed by atoms with Crippen molar-refractivity contribution in [2.24, 2.45) is 0 Å². The van der Waals surface area contributed by atoms with E-state index in [2.05, 4.69) is 5.32 Å². The molecular formula is C14H18ClNO4. The van der Waals surface area contributed by atoms with E-state index in [0.29, 0.717) is 35.2 Å². The quantitative estimate of drug-likeness (QED) is 0.620. The Morgan fingerprint density at radius 2 is 1.75 bits per heavy atom. The molecule has 0 aliphatic heterocycles. The van der Waals surface area contributed by atoms with E-state index in [0.717, 1.165) is 0 Å². The maximum Gasteiger partial charge on any atom is 0.251 e. The Bertz CT molecular complexity index is 463. The molecule has 0 aromatic heterocycles. The summed E-state index contributed by atoms with van der Waals surface area (Å²) in [5.74, 6) is 1.51. The summed E-state index contributed by atoms with van der Waals surface area (Å²) in [5, 5.41) is 2.74. The fraction of sp³-hybridized carbons (Fsp3) is 0.357. The van der Waals surface area contributed by atoms with Crippen LogP contribution >= 0.6 is 11.6 Å². The van der Waals surface area contributed by atoms with Gasteiger partial charge in [-0.3, -0.25) is 4.79 Å². The first-order chi connectivity index (χ1) is 9.67. The number of hydrogen-bond acceptors (Lipinski definition) is 4. The number of carbonyl (C=O) groups is 1. The van der Waals surface area contributed by atoms with Crippen molar-refractivity contribution in [2.75, 3.05) is 33.8 Å². The third-order valence-electron chi connectivity index (χ3n) is 2.56. The highest BCUT2D eigenvalue weighted by Crippen LogP contribution is 2.38. The van der Waals surface area contributed by atoms with E-state index in [9.17, 15) is 4.79 Å². The minimum atomic E-state index is -0.233. The number of alkyl halides is 1. The van der Waals surface area contributed by atoms with Crippen LogP contribution in [-0.2, 0) is 0 Å². The van der Waals surface area contributed by atoms with Gasteiger partial charge in [0, 0.05) is 18.0 Å². The van der Waals surface area contributed by atoms with Gasteiger partial charge >= 0.3 is 0 Å². The summed E-state index contributed by atoms with van der Waals surface area (Å²) in [6, 6.07) is 3.20. The van der Waals surface area contributed by atoms with Crippen molar-refractivity contribution in [1.29, 1.82) is 0 Å². The summed E-state index contributed by atoms with van der Waals surface area (Å²) in [7, 11) is 4.52. The van der Waals surface area contributed by atoms with Gasteiger partial charge in [-0.15, -0.1) is 11.6 Å². The van der Waals surface area contributed by atoms with Crippen LogP contribution in [-0.4, -0.2) is 39.7 Å². The molecule has 0 bridgehead atoms. The normalized spacial score (nSPS) is 10.4. The molecule has 1 amide bonds. The molecule has 0 aliphatic rings. The summed E-state index contributed by atoms with van der Waals surface area (Å²) in [5.41, 5.74) is 0.429. The van der Waals surface area contributed by atoms with Gasteiger partial charge in [-0.2, -0.15) is 0 Å². The first kappa shape index (κ1) is 16.2. The predicted molar refractivity (Wildman–Crippen MR) is 78.3 cm³/mol. The number of benzene rings is 1. The molecule has 110 valence electrons. The van der Waals surface area contributed by atoms with Gasteiger partial charge in [-0.05, 0) is 12.1 Å². The van der Waals surface area contributed by atoms with E-state index < -0.39 is 0 Å². The SMILES string of the molecule is COc1cc(C(=O)NC/C=C/CCl)cc(OC)c1OC. The van der Waals surface area contributed by atoms with Crippen molar-refractivity contribution in [3.63, 3.8) is 0 Å². The molecule has 0 saturated heterocycles. The highest BCUT2D eigenvalue weighted by atomic mass is 35.5. The average molecular weight is 300 g/mol. The largest absolute Gasteiger partial charge is 0.493 e. The number of hydrogen-bond donors (Lipinski definition) is 1. The van der Waals surface area contributed by atoms with E-state index in [1.54, 1.807) is 24.3 Å². The molecule has 0 fully saturated rings. The first-order valence-corrected chi connectivity index (χ1v) is 6.50. The van der Waals surface area contributed by atoms with Gasteiger partial charge in [0.1, 0.15) is 0 Å². The van der Waals surface area contributed by atoms with Gasteiger partial charge in [0.2, 0.25) is 5.75 Å². The smallest absolute Gasteiger partial charge is 0.251 e. The molecule has 1 N–H and O–H groups in total. The van der Waals surface area contributed by atoms with Gasteiger partial charge in [-0.25, -0.2) is 0 Å². The van der Waals surface area contributed by atoms with Crippen molar-refractivity contribution in [1.82, 2.24) is 5.32 Å². The highest BCUT2D eigenvalue weighted by Gasteiger charge is 2.16. The molecule has 1 aromatic carbocycles. The summed E-state index contributed by atoms with van der Waals surface area (Å²) in [4.78, 5) is 12.0. The van der Waals surface area contributed by atoms with Crippen LogP contribution in [0.15, 0.2) is 24.3 Å². The molecule has 0 spiro atoms. The van der Waals surface area contributed by atoms with Gasteiger partial charge in [-0.1, -0.05) is 12.2 Å². The lowest BCUT2D eigenvalue weighted by Crippen LogP contribution is -2.23. The molecule has 0 atom stereocenters. The number of carbonyl (C=O) groups excluding carboxylic acids is 1.